The summed E-state index contributed by atoms with van der Waals surface area (Å²) in [4.78, 5) is 24.3. The standard InChI is InChI=1S/C16H13Cl2N3O2/c17-11-5-1-9(2-6-11)13-14(16(23)21-20-13)19-15(22)10-3-7-12(18)8-4-10/h1-8,13-14,20H,(H,19,22)(H,21,23)/t13-,14-/m0/s1. The largest absolute Gasteiger partial charge is 0.338 e. The Kier molecular flexibility index (Phi) is 4.52. The summed E-state index contributed by atoms with van der Waals surface area (Å²) in [6.07, 6.45) is 0. The molecule has 2 aromatic rings. The molecule has 3 N–H and O–H groups in total. The third-order valence-corrected chi connectivity index (χ3v) is 4.09. The number of hydrazine groups is 1. The van der Waals surface area contributed by atoms with Gasteiger partial charge in [0, 0.05) is 15.6 Å². The molecule has 1 saturated heterocycles. The van der Waals surface area contributed by atoms with Crippen molar-refractivity contribution in [3.8, 4) is 0 Å². The summed E-state index contributed by atoms with van der Waals surface area (Å²) < 4.78 is 0. The van der Waals surface area contributed by atoms with Gasteiger partial charge >= 0.3 is 0 Å². The van der Waals surface area contributed by atoms with Crippen molar-refractivity contribution < 1.29 is 9.59 Å². The molecule has 1 fully saturated rings. The second-order valence-corrected chi connectivity index (χ2v) is 5.99. The maximum absolute atomic E-state index is 12.3. The Balaban J connectivity index is 1.78. The maximum atomic E-state index is 12.3. The molecule has 0 spiro atoms. The molecule has 23 heavy (non-hydrogen) atoms. The summed E-state index contributed by atoms with van der Waals surface area (Å²) in [6, 6.07) is 12.4. The second kappa shape index (κ2) is 6.58. The number of carbonyl (C=O) groups is 2. The van der Waals surface area contributed by atoms with Crippen molar-refractivity contribution in [1.82, 2.24) is 16.2 Å². The van der Waals surface area contributed by atoms with Crippen molar-refractivity contribution in [1.29, 1.82) is 0 Å². The molecule has 5 nitrogen and oxygen atoms in total. The average molecular weight is 350 g/mol. The summed E-state index contributed by atoms with van der Waals surface area (Å²) in [5, 5.41) is 3.88. The first-order valence-corrected chi connectivity index (χ1v) is 7.67. The normalized spacial score (nSPS) is 20.2. The summed E-state index contributed by atoms with van der Waals surface area (Å²) in [5.74, 6) is -0.642. The lowest BCUT2D eigenvalue weighted by Gasteiger charge is -2.18. The van der Waals surface area contributed by atoms with Gasteiger partial charge in [-0.3, -0.25) is 15.0 Å². The topological polar surface area (TPSA) is 70.2 Å². The molecule has 1 heterocycles. The average Bonchev–Trinajstić information content (AvgIpc) is 2.90. The summed E-state index contributed by atoms with van der Waals surface area (Å²) in [5.41, 5.74) is 6.70. The van der Waals surface area contributed by atoms with Crippen molar-refractivity contribution in [3.05, 3.63) is 69.7 Å². The van der Waals surface area contributed by atoms with Gasteiger partial charge in [-0.25, -0.2) is 5.43 Å². The van der Waals surface area contributed by atoms with E-state index in [1.54, 1.807) is 36.4 Å². The minimum Gasteiger partial charge on any atom is -0.338 e. The van der Waals surface area contributed by atoms with Crippen molar-refractivity contribution >= 4 is 35.0 Å². The van der Waals surface area contributed by atoms with Gasteiger partial charge in [-0.1, -0.05) is 35.3 Å². The first-order valence-electron chi connectivity index (χ1n) is 6.92. The van der Waals surface area contributed by atoms with E-state index < -0.39 is 6.04 Å². The van der Waals surface area contributed by atoms with Crippen molar-refractivity contribution in [3.63, 3.8) is 0 Å². The molecule has 1 aliphatic heterocycles. The van der Waals surface area contributed by atoms with Gasteiger partial charge < -0.3 is 5.32 Å². The van der Waals surface area contributed by atoms with E-state index in [0.29, 0.717) is 15.6 Å². The van der Waals surface area contributed by atoms with Crippen LogP contribution in [0.25, 0.3) is 0 Å². The zero-order chi connectivity index (χ0) is 16.4. The van der Waals surface area contributed by atoms with Gasteiger partial charge in [-0.05, 0) is 42.0 Å². The summed E-state index contributed by atoms with van der Waals surface area (Å²) in [7, 11) is 0. The number of amides is 2. The highest BCUT2D eigenvalue weighted by atomic mass is 35.5. The smallest absolute Gasteiger partial charge is 0.258 e. The molecule has 3 rings (SSSR count). The fraction of sp³-hybridized carbons (Fsp3) is 0.125. The molecule has 0 aliphatic carbocycles. The van der Waals surface area contributed by atoms with Gasteiger partial charge in [0.1, 0.15) is 6.04 Å². The monoisotopic (exact) mass is 349 g/mol. The van der Waals surface area contributed by atoms with E-state index in [1.165, 1.54) is 0 Å². The zero-order valence-electron chi connectivity index (χ0n) is 11.8. The van der Waals surface area contributed by atoms with Gasteiger partial charge in [0.05, 0.1) is 6.04 Å². The van der Waals surface area contributed by atoms with E-state index in [0.717, 1.165) is 5.56 Å². The van der Waals surface area contributed by atoms with E-state index in [-0.39, 0.29) is 17.9 Å². The number of carbonyl (C=O) groups excluding carboxylic acids is 2. The Morgan fingerprint density at radius 3 is 2.13 bits per heavy atom. The highest BCUT2D eigenvalue weighted by Crippen LogP contribution is 2.22. The van der Waals surface area contributed by atoms with Crippen molar-refractivity contribution in [2.75, 3.05) is 0 Å². The molecule has 0 saturated carbocycles. The van der Waals surface area contributed by atoms with E-state index in [2.05, 4.69) is 16.2 Å². The van der Waals surface area contributed by atoms with Crippen molar-refractivity contribution in [2.24, 2.45) is 0 Å². The highest BCUT2D eigenvalue weighted by Gasteiger charge is 2.36. The first kappa shape index (κ1) is 15.8. The van der Waals surface area contributed by atoms with Gasteiger partial charge in [0.15, 0.2) is 0 Å². The quantitative estimate of drug-likeness (QED) is 0.797. The van der Waals surface area contributed by atoms with Crippen LogP contribution in [0, 0.1) is 0 Å². The third-order valence-electron chi connectivity index (χ3n) is 3.59. The predicted molar refractivity (Wildman–Crippen MR) is 88.2 cm³/mol. The molecule has 0 bridgehead atoms. The Bertz CT molecular complexity index is 732. The molecule has 118 valence electrons. The van der Waals surface area contributed by atoms with E-state index in [1.807, 2.05) is 12.1 Å². The van der Waals surface area contributed by atoms with Gasteiger partial charge in [-0.15, -0.1) is 0 Å². The first-order chi connectivity index (χ1) is 11.0. The van der Waals surface area contributed by atoms with E-state index >= 15 is 0 Å². The molecule has 0 unspecified atom stereocenters. The van der Waals surface area contributed by atoms with Crippen LogP contribution in [-0.4, -0.2) is 17.9 Å². The lowest BCUT2D eigenvalue weighted by molar-refractivity contribution is -0.121. The van der Waals surface area contributed by atoms with Crippen LogP contribution in [0.2, 0.25) is 10.0 Å². The Morgan fingerprint density at radius 1 is 0.957 bits per heavy atom. The minimum absolute atomic E-state index is 0.299. The van der Waals surface area contributed by atoms with Crippen LogP contribution in [0.1, 0.15) is 22.0 Å². The van der Waals surface area contributed by atoms with Crippen LogP contribution in [0.4, 0.5) is 0 Å². The van der Waals surface area contributed by atoms with Crippen LogP contribution >= 0.6 is 23.2 Å². The molecule has 1 aliphatic rings. The fourth-order valence-electron chi connectivity index (χ4n) is 2.38. The molecular weight excluding hydrogens is 337 g/mol. The Labute approximate surface area is 142 Å². The number of hydrogen-bond donors (Lipinski definition) is 3. The number of hydrogen-bond acceptors (Lipinski definition) is 3. The molecule has 0 aromatic heterocycles. The number of rotatable bonds is 3. The van der Waals surface area contributed by atoms with Crippen molar-refractivity contribution in [2.45, 2.75) is 12.1 Å². The van der Waals surface area contributed by atoms with Crippen LogP contribution in [0.5, 0.6) is 0 Å². The maximum Gasteiger partial charge on any atom is 0.258 e. The van der Waals surface area contributed by atoms with Gasteiger partial charge in [0.2, 0.25) is 0 Å². The lowest BCUT2D eigenvalue weighted by Crippen LogP contribution is -2.42. The summed E-state index contributed by atoms with van der Waals surface area (Å²) in [6.45, 7) is 0. The molecular formula is C16H13Cl2N3O2. The number of halogens is 2. The Hall–Kier alpha value is -2.08. The number of nitrogens with one attached hydrogen (secondary N) is 3. The van der Waals surface area contributed by atoms with Crippen LogP contribution in [0.3, 0.4) is 0 Å². The van der Waals surface area contributed by atoms with Gasteiger partial charge in [-0.2, -0.15) is 0 Å². The fourth-order valence-corrected chi connectivity index (χ4v) is 2.63. The molecule has 2 aromatic carbocycles. The molecule has 2 atom stereocenters. The molecule has 2 amide bonds. The van der Waals surface area contributed by atoms with Crippen LogP contribution in [-0.2, 0) is 4.79 Å². The lowest BCUT2D eigenvalue weighted by atomic mass is 10.0. The van der Waals surface area contributed by atoms with E-state index in [4.69, 9.17) is 23.2 Å². The Morgan fingerprint density at radius 2 is 1.52 bits per heavy atom. The molecule has 7 heteroatoms. The minimum atomic E-state index is -0.723. The number of benzene rings is 2. The predicted octanol–water partition coefficient (Wildman–Crippen LogP) is 2.47. The van der Waals surface area contributed by atoms with Crippen LogP contribution < -0.4 is 16.2 Å². The van der Waals surface area contributed by atoms with E-state index in [9.17, 15) is 9.59 Å². The highest BCUT2D eigenvalue weighted by molar-refractivity contribution is 6.30. The summed E-state index contributed by atoms with van der Waals surface area (Å²) >= 11 is 11.7. The second-order valence-electron chi connectivity index (χ2n) is 5.12. The zero-order valence-corrected chi connectivity index (χ0v) is 13.4. The third kappa shape index (κ3) is 3.47. The van der Waals surface area contributed by atoms with Gasteiger partial charge in [0.25, 0.3) is 11.8 Å². The SMILES string of the molecule is O=C(N[C@@H]1C(=O)NN[C@H]1c1ccc(Cl)cc1)c1ccc(Cl)cc1. The molecule has 0 radical (unpaired) electrons. The van der Waals surface area contributed by atoms with Crippen LogP contribution in [0.15, 0.2) is 48.5 Å².